The number of halogens is 3. The molecule has 32 heavy (non-hydrogen) atoms. The zero-order valence-electron chi connectivity index (χ0n) is 17.9. The fourth-order valence-electron chi connectivity index (χ4n) is 4.24. The summed E-state index contributed by atoms with van der Waals surface area (Å²) in [6, 6.07) is 10.0. The molecule has 0 spiro atoms. The first-order valence-corrected chi connectivity index (χ1v) is 11.6. The van der Waals surface area contributed by atoms with Crippen LogP contribution in [0.15, 0.2) is 41.3 Å². The van der Waals surface area contributed by atoms with Gasteiger partial charge in [-0.25, -0.2) is 18.4 Å². The summed E-state index contributed by atoms with van der Waals surface area (Å²) in [5, 5.41) is 0. The maximum Gasteiger partial charge on any atom is 0.437 e. The molecule has 3 aromatic rings. The normalized spacial score (nSPS) is 16.0. The van der Waals surface area contributed by atoms with Crippen LogP contribution >= 0.6 is 0 Å². The van der Waals surface area contributed by atoms with E-state index in [2.05, 4.69) is 9.97 Å². The summed E-state index contributed by atoms with van der Waals surface area (Å²) in [6.45, 7) is 5.69. The number of alkyl halides is 3. The Kier molecular flexibility index (Phi) is 5.62. The van der Waals surface area contributed by atoms with Crippen LogP contribution in [0.4, 0.5) is 19.0 Å². The highest BCUT2D eigenvalue weighted by molar-refractivity contribution is 7.89. The topological polar surface area (TPSA) is 66.4 Å². The van der Waals surface area contributed by atoms with Crippen LogP contribution in [0.3, 0.4) is 0 Å². The lowest BCUT2D eigenvalue weighted by Crippen LogP contribution is -2.49. The average molecular weight is 465 g/mol. The van der Waals surface area contributed by atoms with Gasteiger partial charge < -0.3 is 4.90 Å². The van der Waals surface area contributed by atoms with Crippen molar-refractivity contribution in [3.05, 3.63) is 58.8 Å². The van der Waals surface area contributed by atoms with Crippen LogP contribution in [-0.4, -0.2) is 48.9 Å². The lowest BCUT2D eigenvalue weighted by molar-refractivity contribution is -0.140. The number of para-hydroxylation sites is 2. The standard InChI is InChI=1S/C22H23F3N4O2S/c1-14-12-15(2)19(16(3)13-14)32(30,31)29-10-8-28(9-11-29)21-20(22(23,24)25)26-17-6-4-5-7-18(17)27-21/h4-7,12-13H,8-11H2,1-3H3. The van der Waals surface area contributed by atoms with E-state index in [9.17, 15) is 21.6 Å². The minimum atomic E-state index is -4.67. The quantitative estimate of drug-likeness (QED) is 0.584. The van der Waals surface area contributed by atoms with E-state index in [4.69, 9.17) is 0 Å². The van der Waals surface area contributed by atoms with E-state index < -0.39 is 21.9 Å². The number of hydrogen-bond acceptors (Lipinski definition) is 5. The number of sulfonamides is 1. The molecule has 1 aliphatic rings. The molecule has 6 nitrogen and oxygen atoms in total. The Balaban J connectivity index is 1.64. The van der Waals surface area contributed by atoms with Crippen LogP contribution in [-0.2, 0) is 16.2 Å². The van der Waals surface area contributed by atoms with Gasteiger partial charge in [0, 0.05) is 26.2 Å². The Labute approximate surface area is 184 Å². The van der Waals surface area contributed by atoms with Crippen LogP contribution < -0.4 is 4.90 Å². The summed E-state index contributed by atoms with van der Waals surface area (Å²) in [6.07, 6.45) is -4.67. The number of aryl methyl sites for hydroxylation is 3. The van der Waals surface area contributed by atoms with Crippen molar-refractivity contribution in [1.82, 2.24) is 14.3 Å². The monoisotopic (exact) mass is 464 g/mol. The molecule has 0 radical (unpaired) electrons. The summed E-state index contributed by atoms with van der Waals surface area (Å²) in [7, 11) is -3.77. The van der Waals surface area contributed by atoms with Crippen LogP contribution in [0, 0.1) is 20.8 Å². The number of hydrogen-bond donors (Lipinski definition) is 0. The van der Waals surface area contributed by atoms with E-state index in [1.54, 1.807) is 32.0 Å². The first kappa shape index (κ1) is 22.5. The summed E-state index contributed by atoms with van der Waals surface area (Å²) in [5.41, 5.74) is 1.75. The number of benzene rings is 2. The molecule has 4 rings (SSSR count). The minimum Gasteiger partial charge on any atom is -0.352 e. The molecular formula is C22H23F3N4O2S. The number of rotatable bonds is 3. The van der Waals surface area contributed by atoms with Crippen LogP contribution in [0.1, 0.15) is 22.4 Å². The van der Waals surface area contributed by atoms with Crippen LogP contribution in [0.5, 0.6) is 0 Å². The number of piperazine rings is 1. The molecule has 0 unspecified atom stereocenters. The van der Waals surface area contributed by atoms with Gasteiger partial charge in [0.2, 0.25) is 10.0 Å². The third kappa shape index (κ3) is 4.04. The lowest BCUT2D eigenvalue weighted by Gasteiger charge is -2.36. The van der Waals surface area contributed by atoms with Gasteiger partial charge >= 0.3 is 6.18 Å². The lowest BCUT2D eigenvalue weighted by atomic mass is 10.1. The van der Waals surface area contributed by atoms with E-state index in [0.717, 1.165) is 5.56 Å². The zero-order chi connectivity index (χ0) is 23.3. The molecule has 1 saturated heterocycles. The zero-order valence-corrected chi connectivity index (χ0v) is 18.8. The third-order valence-corrected chi connectivity index (χ3v) is 7.77. The fraction of sp³-hybridized carbons (Fsp3) is 0.364. The molecule has 1 aliphatic heterocycles. The van der Waals surface area contributed by atoms with Gasteiger partial charge in [-0.2, -0.15) is 17.5 Å². The molecule has 170 valence electrons. The van der Waals surface area contributed by atoms with Crippen molar-refractivity contribution in [2.45, 2.75) is 31.8 Å². The molecule has 0 bridgehead atoms. The summed E-state index contributed by atoms with van der Waals surface area (Å²) >= 11 is 0. The molecule has 2 heterocycles. The van der Waals surface area contributed by atoms with Crippen molar-refractivity contribution in [3.8, 4) is 0 Å². The molecule has 2 aromatic carbocycles. The molecule has 1 aromatic heterocycles. The van der Waals surface area contributed by atoms with Gasteiger partial charge in [0.25, 0.3) is 0 Å². The largest absolute Gasteiger partial charge is 0.437 e. The van der Waals surface area contributed by atoms with Crippen molar-refractivity contribution in [2.75, 3.05) is 31.1 Å². The Morgan fingerprint density at radius 1 is 0.875 bits per heavy atom. The third-order valence-electron chi connectivity index (χ3n) is 5.56. The molecule has 0 N–H and O–H groups in total. The van der Waals surface area contributed by atoms with E-state index >= 15 is 0 Å². The van der Waals surface area contributed by atoms with Crippen molar-refractivity contribution in [1.29, 1.82) is 0 Å². The highest BCUT2D eigenvalue weighted by atomic mass is 32.2. The molecule has 0 aliphatic carbocycles. The predicted octanol–water partition coefficient (Wildman–Crippen LogP) is 4.08. The van der Waals surface area contributed by atoms with Crippen LogP contribution in [0.25, 0.3) is 11.0 Å². The summed E-state index contributed by atoms with van der Waals surface area (Å²) in [4.78, 5) is 9.75. The predicted molar refractivity (Wildman–Crippen MR) is 116 cm³/mol. The Morgan fingerprint density at radius 2 is 1.41 bits per heavy atom. The van der Waals surface area contributed by atoms with Crippen LogP contribution in [0.2, 0.25) is 0 Å². The smallest absolute Gasteiger partial charge is 0.352 e. The highest BCUT2D eigenvalue weighted by Crippen LogP contribution is 2.36. The number of fused-ring (bicyclic) bond motifs is 1. The van der Waals surface area contributed by atoms with Crippen molar-refractivity contribution < 1.29 is 21.6 Å². The van der Waals surface area contributed by atoms with Crippen molar-refractivity contribution in [3.63, 3.8) is 0 Å². The Bertz CT molecular complexity index is 1260. The first-order valence-electron chi connectivity index (χ1n) is 10.2. The van der Waals surface area contributed by atoms with Gasteiger partial charge in [0.1, 0.15) is 0 Å². The van der Waals surface area contributed by atoms with E-state index in [0.29, 0.717) is 16.6 Å². The number of nitrogens with zero attached hydrogens (tertiary/aromatic N) is 4. The second-order valence-electron chi connectivity index (χ2n) is 8.00. The van der Waals surface area contributed by atoms with E-state index in [1.807, 2.05) is 19.1 Å². The SMILES string of the molecule is Cc1cc(C)c(S(=O)(=O)N2CCN(c3nc4ccccc4nc3C(F)(F)F)CC2)c(C)c1. The minimum absolute atomic E-state index is 0.0564. The summed E-state index contributed by atoms with van der Waals surface area (Å²) < 4.78 is 69.0. The van der Waals surface area contributed by atoms with E-state index in [-0.39, 0.29) is 42.4 Å². The van der Waals surface area contributed by atoms with Gasteiger partial charge in [-0.05, 0) is 44.0 Å². The van der Waals surface area contributed by atoms with E-state index in [1.165, 1.54) is 15.3 Å². The Morgan fingerprint density at radius 3 is 1.94 bits per heavy atom. The average Bonchev–Trinajstić information content (AvgIpc) is 2.71. The second-order valence-corrected chi connectivity index (χ2v) is 9.88. The molecule has 0 amide bonds. The fourth-order valence-corrected chi connectivity index (χ4v) is 6.08. The molecular weight excluding hydrogens is 441 g/mol. The number of anilines is 1. The van der Waals surface area contributed by atoms with Gasteiger partial charge in [-0.3, -0.25) is 0 Å². The molecule has 10 heteroatoms. The molecule has 0 atom stereocenters. The summed E-state index contributed by atoms with van der Waals surface area (Å²) in [5.74, 6) is -0.268. The van der Waals surface area contributed by atoms with Crippen molar-refractivity contribution >= 4 is 26.9 Å². The van der Waals surface area contributed by atoms with Crippen molar-refractivity contribution in [2.24, 2.45) is 0 Å². The highest BCUT2D eigenvalue weighted by Gasteiger charge is 2.40. The maximum absolute atomic E-state index is 13.7. The first-order chi connectivity index (χ1) is 15.0. The van der Waals surface area contributed by atoms with Gasteiger partial charge in [-0.1, -0.05) is 29.8 Å². The molecule has 0 saturated carbocycles. The molecule has 1 fully saturated rings. The van der Waals surface area contributed by atoms with Gasteiger partial charge in [-0.15, -0.1) is 0 Å². The second kappa shape index (κ2) is 8.00. The van der Waals surface area contributed by atoms with Gasteiger partial charge in [0.05, 0.1) is 15.9 Å². The van der Waals surface area contributed by atoms with Gasteiger partial charge in [0.15, 0.2) is 11.5 Å². The maximum atomic E-state index is 13.7. The Hall–Kier alpha value is -2.72. The number of aromatic nitrogens is 2.